The monoisotopic (exact) mass is 497 g/mol. The van der Waals surface area contributed by atoms with E-state index in [1.54, 1.807) is 31.2 Å². The van der Waals surface area contributed by atoms with Crippen LogP contribution in [0.5, 0.6) is 0 Å². The number of aryl methyl sites for hydroxylation is 1. The number of ether oxygens (including phenoxy) is 2. The molecule has 0 bridgehead atoms. The van der Waals surface area contributed by atoms with Gasteiger partial charge in [0.1, 0.15) is 5.00 Å². The lowest BCUT2D eigenvalue weighted by atomic mass is 9.88. The zero-order valence-electron chi connectivity index (χ0n) is 20.0. The first kappa shape index (κ1) is 24.6. The number of amides is 1. The van der Waals surface area contributed by atoms with Gasteiger partial charge in [0.05, 0.1) is 17.6 Å². The second-order valence-electron chi connectivity index (χ2n) is 8.64. The number of aromatic nitrogens is 2. The first-order valence-electron chi connectivity index (χ1n) is 11.5. The molecule has 0 saturated carbocycles. The second kappa shape index (κ2) is 9.99. The summed E-state index contributed by atoms with van der Waals surface area (Å²) in [6.07, 6.45) is 1.36. The van der Waals surface area contributed by atoms with Crippen molar-refractivity contribution < 1.29 is 23.9 Å². The minimum atomic E-state index is -1.17. The van der Waals surface area contributed by atoms with Crippen molar-refractivity contribution in [2.75, 3.05) is 11.9 Å². The number of esters is 2. The van der Waals surface area contributed by atoms with Crippen molar-refractivity contribution in [1.29, 1.82) is 0 Å². The highest BCUT2D eigenvalue weighted by Gasteiger charge is 2.31. The second-order valence-corrected chi connectivity index (χ2v) is 9.74. The summed E-state index contributed by atoms with van der Waals surface area (Å²) < 4.78 is 11.7. The maximum atomic E-state index is 13.0. The number of hydrogen-bond donors (Lipinski definition) is 1. The third-order valence-corrected chi connectivity index (χ3v) is 7.20. The lowest BCUT2D eigenvalue weighted by molar-refractivity contribution is -0.123. The van der Waals surface area contributed by atoms with E-state index in [1.807, 2.05) is 0 Å². The standard InChI is InChI=1S/C25H27N3O6S/c1-5-33-24(31)19-17-11-10-13(2)12-18(17)35-22(19)26-21(29)14(3)34-25(32)20-15-8-6-7-9-16(15)23(30)28(4)27-20/h6-9,13-14H,5,10-12H2,1-4H3,(H,26,29)/t13-,14-/m0/s1. The van der Waals surface area contributed by atoms with Gasteiger partial charge < -0.3 is 14.8 Å². The first-order chi connectivity index (χ1) is 16.7. The molecular formula is C25H27N3O6S. The van der Waals surface area contributed by atoms with E-state index in [2.05, 4.69) is 17.3 Å². The van der Waals surface area contributed by atoms with Crippen LogP contribution in [0.3, 0.4) is 0 Å². The molecule has 4 rings (SSSR count). The molecule has 2 aromatic heterocycles. The Morgan fingerprint density at radius 2 is 1.94 bits per heavy atom. The minimum Gasteiger partial charge on any atom is -0.462 e. The van der Waals surface area contributed by atoms with Crippen LogP contribution in [0.4, 0.5) is 5.00 Å². The van der Waals surface area contributed by atoms with E-state index in [1.165, 1.54) is 25.3 Å². The Morgan fingerprint density at radius 1 is 1.23 bits per heavy atom. The normalized spacial score (nSPS) is 15.8. The summed E-state index contributed by atoms with van der Waals surface area (Å²) in [4.78, 5) is 51.9. The predicted octanol–water partition coefficient (Wildman–Crippen LogP) is 3.48. The van der Waals surface area contributed by atoms with Crippen LogP contribution < -0.4 is 10.9 Å². The molecule has 0 aliphatic heterocycles. The van der Waals surface area contributed by atoms with Gasteiger partial charge >= 0.3 is 11.9 Å². The molecule has 2 heterocycles. The van der Waals surface area contributed by atoms with E-state index in [9.17, 15) is 19.2 Å². The number of nitrogens with one attached hydrogen (secondary N) is 1. The average Bonchev–Trinajstić information content (AvgIpc) is 3.18. The van der Waals surface area contributed by atoms with Crippen molar-refractivity contribution >= 4 is 45.0 Å². The molecule has 10 heteroatoms. The van der Waals surface area contributed by atoms with Crippen LogP contribution in [-0.2, 0) is 34.2 Å². The van der Waals surface area contributed by atoms with Gasteiger partial charge in [-0.25, -0.2) is 14.3 Å². The fourth-order valence-corrected chi connectivity index (χ4v) is 5.59. The summed E-state index contributed by atoms with van der Waals surface area (Å²) in [5.74, 6) is -1.39. The number of carbonyl (C=O) groups is 3. The van der Waals surface area contributed by atoms with Gasteiger partial charge in [0, 0.05) is 17.3 Å². The Bertz CT molecular complexity index is 1380. The molecule has 1 N–H and O–H groups in total. The zero-order chi connectivity index (χ0) is 25.3. The number of benzene rings is 1. The number of thiophene rings is 1. The van der Waals surface area contributed by atoms with Gasteiger partial charge in [-0.2, -0.15) is 5.10 Å². The summed E-state index contributed by atoms with van der Waals surface area (Å²) in [7, 11) is 1.44. The van der Waals surface area contributed by atoms with Gasteiger partial charge in [-0.15, -0.1) is 11.3 Å². The van der Waals surface area contributed by atoms with Crippen LogP contribution in [0.2, 0.25) is 0 Å². The van der Waals surface area contributed by atoms with Crippen molar-refractivity contribution in [2.24, 2.45) is 13.0 Å². The number of nitrogens with zero attached hydrogens (tertiary/aromatic N) is 2. The number of rotatable bonds is 6. The van der Waals surface area contributed by atoms with E-state index in [-0.39, 0.29) is 17.9 Å². The van der Waals surface area contributed by atoms with Crippen LogP contribution in [-0.4, -0.2) is 40.3 Å². The van der Waals surface area contributed by atoms with Gasteiger partial charge in [-0.1, -0.05) is 25.1 Å². The fourth-order valence-electron chi connectivity index (χ4n) is 4.19. The highest BCUT2D eigenvalue weighted by Crippen LogP contribution is 2.40. The maximum Gasteiger partial charge on any atom is 0.360 e. The fraction of sp³-hybridized carbons (Fsp3) is 0.400. The molecule has 1 amide bonds. The lowest BCUT2D eigenvalue weighted by Gasteiger charge is -2.18. The molecule has 0 unspecified atom stereocenters. The van der Waals surface area contributed by atoms with Crippen molar-refractivity contribution in [3.8, 4) is 0 Å². The Morgan fingerprint density at radius 3 is 2.66 bits per heavy atom. The quantitative estimate of drug-likeness (QED) is 0.518. The Labute approximate surface area is 206 Å². The summed E-state index contributed by atoms with van der Waals surface area (Å²) >= 11 is 1.36. The summed E-state index contributed by atoms with van der Waals surface area (Å²) in [5.41, 5.74) is 0.907. The van der Waals surface area contributed by atoms with E-state index in [0.717, 1.165) is 34.4 Å². The third kappa shape index (κ3) is 4.84. The average molecular weight is 498 g/mol. The van der Waals surface area contributed by atoms with E-state index < -0.39 is 23.9 Å². The van der Waals surface area contributed by atoms with Crippen LogP contribution in [0, 0.1) is 5.92 Å². The Kier molecular flexibility index (Phi) is 7.02. The van der Waals surface area contributed by atoms with E-state index in [0.29, 0.717) is 27.3 Å². The molecular weight excluding hydrogens is 470 g/mol. The van der Waals surface area contributed by atoms with E-state index >= 15 is 0 Å². The van der Waals surface area contributed by atoms with Crippen molar-refractivity contribution in [2.45, 2.75) is 46.1 Å². The molecule has 184 valence electrons. The van der Waals surface area contributed by atoms with Crippen molar-refractivity contribution in [3.05, 3.63) is 56.3 Å². The topological polar surface area (TPSA) is 117 Å². The van der Waals surface area contributed by atoms with Crippen molar-refractivity contribution in [1.82, 2.24) is 9.78 Å². The third-order valence-electron chi connectivity index (χ3n) is 6.03. The Balaban J connectivity index is 1.56. The molecule has 35 heavy (non-hydrogen) atoms. The van der Waals surface area contributed by atoms with Gasteiger partial charge in [0.15, 0.2) is 11.8 Å². The minimum absolute atomic E-state index is 0.0601. The molecule has 3 aromatic rings. The van der Waals surface area contributed by atoms with Crippen LogP contribution >= 0.6 is 11.3 Å². The van der Waals surface area contributed by atoms with Gasteiger partial charge in [-0.3, -0.25) is 9.59 Å². The van der Waals surface area contributed by atoms with Crippen LogP contribution in [0.1, 0.15) is 58.5 Å². The van der Waals surface area contributed by atoms with E-state index in [4.69, 9.17) is 9.47 Å². The zero-order valence-corrected chi connectivity index (χ0v) is 20.9. The molecule has 0 fully saturated rings. The van der Waals surface area contributed by atoms with Gasteiger partial charge in [-0.05, 0) is 50.7 Å². The lowest BCUT2D eigenvalue weighted by Crippen LogP contribution is -2.31. The smallest absolute Gasteiger partial charge is 0.360 e. The molecule has 1 aliphatic rings. The highest BCUT2D eigenvalue weighted by atomic mass is 32.1. The van der Waals surface area contributed by atoms with Gasteiger partial charge in [0.2, 0.25) is 0 Å². The molecule has 0 spiro atoms. The number of anilines is 1. The first-order valence-corrected chi connectivity index (χ1v) is 12.3. The number of hydrogen-bond acceptors (Lipinski definition) is 8. The largest absolute Gasteiger partial charge is 0.462 e. The predicted molar refractivity (Wildman–Crippen MR) is 132 cm³/mol. The molecule has 1 aliphatic carbocycles. The number of carbonyl (C=O) groups excluding carboxylic acids is 3. The number of fused-ring (bicyclic) bond motifs is 2. The van der Waals surface area contributed by atoms with Crippen molar-refractivity contribution in [3.63, 3.8) is 0 Å². The molecule has 9 nitrogen and oxygen atoms in total. The summed E-state index contributed by atoms with van der Waals surface area (Å²) in [6.45, 7) is 5.55. The maximum absolute atomic E-state index is 13.0. The molecule has 1 aromatic carbocycles. The molecule has 2 atom stereocenters. The molecule has 0 radical (unpaired) electrons. The van der Waals surface area contributed by atoms with Crippen LogP contribution in [0.15, 0.2) is 29.1 Å². The van der Waals surface area contributed by atoms with Crippen LogP contribution in [0.25, 0.3) is 10.8 Å². The van der Waals surface area contributed by atoms with Gasteiger partial charge in [0.25, 0.3) is 11.5 Å². The highest BCUT2D eigenvalue weighted by molar-refractivity contribution is 7.17. The molecule has 0 saturated heterocycles. The summed E-state index contributed by atoms with van der Waals surface area (Å²) in [5, 5.41) is 7.88. The Hall–Kier alpha value is -3.53. The SMILES string of the molecule is CCOC(=O)c1c(NC(=O)[C@H](C)OC(=O)c2nn(C)c(=O)c3ccccc23)sc2c1CC[C@H](C)C2. The summed E-state index contributed by atoms with van der Waals surface area (Å²) in [6, 6.07) is 6.58.